The molecule has 11 nitrogen and oxygen atoms in total. The van der Waals surface area contributed by atoms with Gasteiger partial charge in [0.2, 0.25) is 5.91 Å². The summed E-state index contributed by atoms with van der Waals surface area (Å²) in [5, 5.41) is 25.4. The van der Waals surface area contributed by atoms with Gasteiger partial charge >= 0.3 is 7.82 Å². The van der Waals surface area contributed by atoms with Crippen LogP contribution in [0.4, 0.5) is 0 Å². The standard InChI is InChI=1S/C21H35N2O9P/c1-31-15(14-32-33(28,29)30)17(25)18(26)21-11-6-4-2-3-5-9-20(10-7-12-21)19(27)23(21)13-8-16(24)22-20/h8,13,15,17-18,25-26H,2-7,9-12,14H2,1H3,(H,22,24)(H2,28,29,30). The number of amides is 2. The summed E-state index contributed by atoms with van der Waals surface area (Å²) in [7, 11) is -3.59. The third-order valence-electron chi connectivity index (χ3n) is 7.24. The molecule has 3 bridgehead atoms. The normalized spacial score (nSPS) is 31.7. The summed E-state index contributed by atoms with van der Waals surface area (Å²) in [5.74, 6) is -0.686. The van der Waals surface area contributed by atoms with Gasteiger partial charge in [-0.05, 0) is 32.1 Å². The summed E-state index contributed by atoms with van der Waals surface area (Å²) < 4.78 is 20.8. The molecule has 2 amide bonds. The molecule has 3 rings (SSSR count). The Morgan fingerprint density at radius 2 is 1.67 bits per heavy atom. The fourth-order valence-electron chi connectivity index (χ4n) is 5.47. The summed E-state index contributed by atoms with van der Waals surface area (Å²) in [6.07, 6.45) is 4.82. The molecule has 0 aliphatic carbocycles. The number of nitrogens with one attached hydrogen (secondary N) is 1. The lowest BCUT2D eigenvalue weighted by atomic mass is 9.77. The molecular formula is C21H35N2O9P. The maximum Gasteiger partial charge on any atom is 0.469 e. The van der Waals surface area contributed by atoms with E-state index in [2.05, 4.69) is 9.84 Å². The van der Waals surface area contributed by atoms with Crippen molar-refractivity contribution < 1.29 is 43.4 Å². The van der Waals surface area contributed by atoms with Gasteiger partial charge < -0.3 is 35.0 Å². The molecular weight excluding hydrogens is 455 g/mol. The number of carbonyl (C=O) groups excluding carboxylic acids is 2. The van der Waals surface area contributed by atoms with E-state index >= 15 is 0 Å². The van der Waals surface area contributed by atoms with E-state index in [-0.39, 0.29) is 11.8 Å². The smallest absolute Gasteiger partial charge is 0.388 e. The van der Waals surface area contributed by atoms with Crippen LogP contribution in [0.3, 0.4) is 0 Å². The monoisotopic (exact) mass is 490 g/mol. The second-order valence-electron chi connectivity index (χ2n) is 9.28. The molecule has 3 aliphatic rings. The number of aliphatic hydroxyl groups is 2. The molecule has 0 aromatic rings. The van der Waals surface area contributed by atoms with Gasteiger partial charge in [0.05, 0.1) is 12.1 Å². The van der Waals surface area contributed by atoms with E-state index in [0.717, 1.165) is 25.7 Å². The van der Waals surface area contributed by atoms with E-state index in [9.17, 15) is 24.4 Å². The summed E-state index contributed by atoms with van der Waals surface area (Å²) >= 11 is 0. The molecule has 12 heteroatoms. The molecule has 5 N–H and O–H groups in total. The first-order chi connectivity index (χ1) is 15.5. The molecule has 2 fully saturated rings. The SMILES string of the molecule is COC(COP(=O)(O)O)C(O)C(O)C12CCCCCCCC3(CCC1)NC(=O)C=CN2C3=O. The highest BCUT2D eigenvalue weighted by Gasteiger charge is 2.56. The predicted molar refractivity (Wildman–Crippen MR) is 117 cm³/mol. The number of aliphatic hydroxyl groups excluding tert-OH is 2. The van der Waals surface area contributed by atoms with Crippen LogP contribution in [-0.4, -0.2) is 79.8 Å². The highest BCUT2D eigenvalue weighted by molar-refractivity contribution is 7.46. The summed E-state index contributed by atoms with van der Waals surface area (Å²) in [5.41, 5.74) is -2.29. The van der Waals surface area contributed by atoms with E-state index in [1.54, 1.807) is 0 Å². The number of carbonyl (C=O) groups is 2. The molecule has 0 radical (unpaired) electrons. The Balaban J connectivity index is 2.01. The number of phosphoric acid groups is 1. The van der Waals surface area contributed by atoms with Crippen LogP contribution < -0.4 is 5.32 Å². The number of hydrogen-bond donors (Lipinski definition) is 5. The average Bonchev–Trinajstić information content (AvgIpc) is 2.95. The fraction of sp³-hybridized carbons (Fsp3) is 0.810. The molecule has 3 aliphatic heterocycles. The zero-order valence-corrected chi connectivity index (χ0v) is 19.8. The van der Waals surface area contributed by atoms with Crippen LogP contribution in [0.1, 0.15) is 64.2 Å². The van der Waals surface area contributed by atoms with E-state index in [1.165, 1.54) is 24.3 Å². The second kappa shape index (κ2) is 10.5. The minimum absolute atomic E-state index is 0.310. The van der Waals surface area contributed by atoms with Crippen molar-refractivity contribution in [2.45, 2.75) is 93.6 Å². The van der Waals surface area contributed by atoms with E-state index in [4.69, 9.17) is 14.5 Å². The molecule has 3 heterocycles. The van der Waals surface area contributed by atoms with Crippen LogP contribution >= 0.6 is 7.82 Å². The maximum atomic E-state index is 13.9. The van der Waals surface area contributed by atoms with Crippen molar-refractivity contribution in [1.29, 1.82) is 0 Å². The van der Waals surface area contributed by atoms with Gasteiger partial charge in [-0.25, -0.2) is 4.57 Å². The Morgan fingerprint density at radius 3 is 2.33 bits per heavy atom. The summed E-state index contributed by atoms with van der Waals surface area (Å²) in [4.78, 5) is 45.8. The largest absolute Gasteiger partial charge is 0.469 e. The van der Waals surface area contributed by atoms with Crippen molar-refractivity contribution in [2.24, 2.45) is 0 Å². The lowest BCUT2D eigenvalue weighted by molar-refractivity contribution is -0.160. The molecule has 0 saturated carbocycles. The number of nitrogens with zero attached hydrogens (tertiary/aromatic N) is 1. The van der Waals surface area contributed by atoms with Crippen molar-refractivity contribution in [2.75, 3.05) is 13.7 Å². The van der Waals surface area contributed by atoms with Gasteiger partial charge in [0.15, 0.2) is 0 Å². The number of phosphoric ester groups is 1. The molecule has 2 saturated heterocycles. The van der Waals surface area contributed by atoms with Crippen molar-refractivity contribution >= 4 is 19.6 Å². The van der Waals surface area contributed by atoms with Crippen molar-refractivity contribution in [3.05, 3.63) is 12.3 Å². The first kappa shape index (κ1) is 26.3. The van der Waals surface area contributed by atoms with E-state index in [0.29, 0.717) is 38.5 Å². The predicted octanol–water partition coefficient (Wildman–Crippen LogP) is 0.710. The van der Waals surface area contributed by atoms with E-state index in [1.807, 2.05) is 0 Å². The van der Waals surface area contributed by atoms with Crippen molar-refractivity contribution in [1.82, 2.24) is 10.2 Å². The number of ether oxygens (including phenoxy) is 1. The highest BCUT2D eigenvalue weighted by Crippen LogP contribution is 2.43. The topological polar surface area (TPSA) is 166 Å². The van der Waals surface area contributed by atoms with Crippen LogP contribution in [0, 0.1) is 0 Å². The lowest BCUT2D eigenvalue weighted by Crippen LogP contribution is -2.65. The average molecular weight is 490 g/mol. The number of rotatable bonds is 7. The first-order valence-corrected chi connectivity index (χ1v) is 13.0. The molecule has 0 aromatic carbocycles. The zero-order valence-electron chi connectivity index (χ0n) is 18.9. The van der Waals surface area contributed by atoms with Crippen LogP contribution in [0.25, 0.3) is 0 Å². The highest BCUT2D eigenvalue weighted by atomic mass is 31.2. The Labute approximate surface area is 193 Å². The Kier molecular flexibility index (Phi) is 8.37. The first-order valence-electron chi connectivity index (χ1n) is 11.5. The third kappa shape index (κ3) is 5.67. The van der Waals surface area contributed by atoms with Crippen molar-refractivity contribution in [3.8, 4) is 0 Å². The quantitative estimate of drug-likeness (QED) is 0.323. The number of hydrogen-bond acceptors (Lipinski definition) is 7. The maximum absolute atomic E-state index is 13.9. The van der Waals surface area contributed by atoms with E-state index < -0.39 is 43.8 Å². The van der Waals surface area contributed by atoms with Gasteiger partial charge in [-0.3, -0.25) is 14.1 Å². The van der Waals surface area contributed by atoms with Gasteiger partial charge in [0.1, 0.15) is 23.9 Å². The molecule has 33 heavy (non-hydrogen) atoms. The molecule has 0 aromatic heterocycles. The molecule has 5 unspecified atom stereocenters. The molecule has 188 valence electrons. The van der Waals surface area contributed by atoms with Gasteiger partial charge in [0, 0.05) is 19.4 Å². The van der Waals surface area contributed by atoms with Crippen molar-refractivity contribution in [3.63, 3.8) is 0 Å². The molecule has 0 spiro atoms. The number of methoxy groups -OCH3 is 1. The Morgan fingerprint density at radius 1 is 1.06 bits per heavy atom. The third-order valence-corrected chi connectivity index (χ3v) is 7.72. The molecule has 5 atom stereocenters. The zero-order chi connectivity index (χ0) is 24.3. The van der Waals surface area contributed by atoms with Crippen LogP contribution in [-0.2, 0) is 23.4 Å². The van der Waals surface area contributed by atoms with Crippen LogP contribution in [0.2, 0.25) is 0 Å². The summed E-state index contributed by atoms with van der Waals surface area (Å²) in [6, 6.07) is 0. The Bertz CT molecular complexity index is 803. The van der Waals surface area contributed by atoms with Gasteiger partial charge in [-0.2, -0.15) is 0 Å². The Hall–Kier alpha value is -1.33. The van der Waals surface area contributed by atoms with Gasteiger partial charge in [-0.1, -0.05) is 32.1 Å². The second-order valence-corrected chi connectivity index (χ2v) is 10.5. The van der Waals surface area contributed by atoms with Crippen LogP contribution in [0.15, 0.2) is 12.3 Å². The summed E-state index contributed by atoms with van der Waals surface area (Å²) in [6.45, 7) is -0.650. The van der Waals surface area contributed by atoms with Crippen LogP contribution in [0.5, 0.6) is 0 Å². The minimum Gasteiger partial charge on any atom is -0.388 e. The van der Waals surface area contributed by atoms with Gasteiger partial charge in [-0.15, -0.1) is 0 Å². The minimum atomic E-state index is -4.82. The lowest BCUT2D eigenvalue weighted by Gasteiger charge is -2.48. The van der Waals surface area contributed by atoms with Gasteiger partial charge in [0.25, 0.3) is 5.91 Å². The fourth-order valence-corrected chi connectivity index (χ4v) is 5.81.